The van der Waals surface area contributed by atoms with E-state index in [9.17, 15) is 9.59 Å². The van der Waals surface area contributed by atoms with Crippen LogP contribution in [0.2, 0.25) is 0 Å². The van der Waals surface area contributed by atoms with Gasteiger partial charge >= 0.3 is 5.97 Å². The number of amides is 1. The lowest BCUT2D eigenvalue weighted by molar-refractivity contribution is 0.0600. The molecule has 1 N–H and O–H groups in total. The third-order valence-electron chi connectivity index (χ3n) is 4.83. The van der Waals surface area contributed by atoms with Gasteiger partial charge in [-0.3, -0.25) is 4.79 Å². The number of esters is 1. The molecule has 3 aromatic heterocycles. The van der Waals surface area contributed by atoms with E-state index in [1.807, 2.05) is 20.8 Å². The highest BCUT2D eigenvalue weighted by atomic mass is 32.1. The van der Waals surface area contributed by atoms with Crippen molar-refractivity contribution in [3.63, 3.8) is 0 Å². The lowest BCUT2D eigenvalue weighted by Gasteiger charge is -2.10. The van der Waals surface area contributed by atoms with E-state index >= 15 is 0 Å². The first-order valence-electron chi connectivity index (χ1n) is 9.21. The number of hydrogen-bond acceptors (Lipinski definition) is 7. The Hall–Kier alpha value is -3.52. The highest BCUT2D eigenvalue weighted by Gasteiger charge is 2.21. The number of fused-ring (bicyclic) bond motifs is 1. The predicted molar refractivity (Wildman–Crippen MR) is 115 cm³/mol. The molecule has 3 heterocycles. The number of furan rings is 1. The van der Waals surface area contributed by atoms with Gasteiger partial charge in [0, 0.05) is 11.1 Å². The van der Waals surface area contributed by atoms with E-state index < -0.39 is 5.97 Å². The van der Waals surface area contributed by atoms with E-state index in [2.05, 4.69) is 15.3 Å². The number of thiophene rings is 1. The number of anilines is 1. The second kappa shape index (κ2) is 7.72. The molecule has 0 radical (unpaired) electrons. The number of carbonyl (C=O) groups excluding carboxylic acids is 2. The third-order valence-corrected chi connectivity index (χ3v) is 6.01. The van der Waals surface area contributed by atoms with Crippen molar-refractivity contribution >= 4 is 39.1 Å². The normalized spacial score (nSPS) is 10.9. The standard InChI is InChI=1S/C22H19N3O4S/c1-11-7-8-14(22(27)28-4)10-15(11)24-20(26)18-12(2)17-13(3)23-19(25-21(17)30-18)16-6-5-9-29-16/h5-10H,1-4H3,(H,24,26). The van der Waals surface area contributed by atoms with Crippen molar-refractivity contribution in [3.05, 3.63) is 63.9 Å². The molecule has 8 heteroatoms. The summed E-state index contributed by atoms with van der Waals surface area (Å²) >= 11 is 1.30. The molecule has 0 saturated carbocycles. The van der Waals surface area contributed by atoms with Gasteiger partial charge in [0.1, 0.15) is 4.83 Å². The number of benzene rings is 1. The Balaban J connectivity index is 1.71. The number of rotatable bonds is 4. The molecule has 0 aliphatic carbocycles. The van der Waals surface area contributed by atoms with Crippen molar-refractivity contribution in [2.75, 3.05) is 12.4 Å². The summed E-state index contributed by atoms with van der Waals surface area (Å²) in [6.07, 6.45) is 1.57. The monoisotopic (exact) mass is 421 g/mol. The maximum atomic E-state index is 13.0. The minimum Gasteiger partial charge on any atom is -0.465 e. The van der Waals surface area contributed by atoms with Gasteiger partial charge in [0.25, 0.3) is 5.91 Å². The molecule has 1 aromatic carbocycles. The van der Waals surface area contributed by atoms with Crippen LogP contribution in [0.5, 0.6) is 0 Å². The van der Waals surface area contributed by atoms with Crippen LogP contribution in [0.3, 0.4) is 0 Å². The molecule has 0 spiro atoms. The fourth-order valence-electron chi connectivity index (χ4n) is 3.25. The lowest BCUT2D eigenvalue weighted by Crippen LogP contribution is -2.13. The van der Waals surface area contributed by atoms with Crippen LogP contribution in [-0.2, 0) is 4.74 Å². The molecular formula is C22H19N3O4S. The van der Waals surface area contributed by atoms with Crippen LogP contribution < -0.4 is 5.32 Å². The fraction of sp³-hybridized carbons (Fsp3) is 0.182. The van der Waals surface area contributed by atoms with Crippen molar-refractivity contribution in [3.8, 4) is 11.6 Å². The van der Waals surface area contributed by atoms with Crippen LogP contribution in [-0.4, -0.2) is 29.0 Å². The Morgan fingerprint density at radius 3 is 2.63 bits per heavy atom. The van der Waals surface area contributed by atoms with Crippen molar-refractivity contribution in [2.24, 2.45) is 0 Å². The Labute approximate surface area is 176 Å². The van der Waals surface area contributed by atoms with Gasteiger partial charge in [-0.2, -0.15) is 0 Å². The average Bonchev–Trinajstić information content (AvgIpc) is 3.37. The van der Waals surface area contributed by atoms with E-state index in [-0.39, 0.29) is 5.91 Å². The van der Waals surface area contributed by atoms with Gasteiger partial charge < -0.3 is 14.5 Å². The zero-order chi connectivity index (χ0) is 21.4. The van der Waals surface area contributed by atoms with Crippen LogP contribution in [0.1, 0.15) is 36.9 Å². The van der Waals surface area contributed by atoms with Gasteiger partial charge in [-0.25, -0.2) is 14.8 Å². The molecule has 7 nitrogen and oxygen atoms in total. The summed E-state index contributed by atoms with van der Waals surface area (Å²) in [6.45, 7) is 5.63. The Kier molecular flexibility index (Phi) is 5.09. The molecule has 0 aliphatic rings. The molecule has 0 bridgehead atoms. The smallest absolute Gasteiger partial charge is 0.337 e. The highest BCUT2D eigenvalue weighted by Crippen LogP contribution is 2.33. The molecule has 0 atom stereocenters. The number of nitrogens with one attached hydrogen (secondary N) is 1. The number of methoxy groups -OCH3 is 1. The quantitative estimate of drug-likeness (QED) is 0.470. The summed E-state index contributed by atoms with van der Waals surface area (Å²) in [5.41, 5.74) is 3.36. The maximum Gasteiger partial charge on any atom is 0.337 e. The van der Waals surface area contributed by atoms with Gasteiger partial charge in [-0.15, -0.1) is 11.3 Å². The van der Waals surface area contributed by atoms with Crippen LogP contribution in [0.15, 0.2) is 41.0 Å². The summed E-state index contributed by atoms with van der Waals surface area (Å²) in [5, 5.41) is 3.77. The second-order valence-electron chi connectivity index (χ2n) is 6.82. The van der Waals surface area contributed by atoms with Crippen LogP contribution in [0.4, 0.5) is 5.69 Å². The lowest BCUT2D eigenvalue weighted by atomic mass is 10.1. The molecule has 0 saturated heterocycles. The third kappa shape index (κ3) is 3.46. The Morgan fingerprint density at radius 2 is 1.93 bits per heavy atom. The van der Waals surface area contributed by atoms with E-state index in [0.717, 1.165) is 27.0 Å². The highest BCUT2D eigenvalue weighted by molar-refractivity contribution is 7.20. The van der Waals surface area contributed by atoms with Crippen molar-refractivity contribution in [1.82, 2.24) is 9.97 Å². The molecule has 4 aromatic rings. The first-order valence-corrected chi connectivity index (χ1v) is 10.0. The summed E-state index contributed by atoms with van der Waals surface area (Å²) in [5.74, 6) is 0.339. The summed E-state index contributed by atoms with van der Waals surface area (Å²) < 4.78 is 10.2. The first-order chi connectivity index (χ1) is 14.4. The van der Waals surface area contributed by atoms with Gasteiger partial charge in [0.15, 0.2) is 11.6 Å². The fourth-order valence-corrected chi connectivity index (χ4v) is 4.38. The van der Waals surface area contributed by atoms with Crippen LogP contribution in [0.25, 0.3) is 21.8 Å². The maximum absolute atomic E-state index is 13.0. The van der Waals surface area contributed by atoms with Crippen LogP contribution in [0, 0.1) is 20.8 Å². The molecule has 4 rings (SSSR count). The number of aromatic nitrogens is 2. The zero-order valence-corrected chi connectivity index (χ0v) is 17.7. The Morgan fingerprint density at radius 1 is 1.13 bits per heavy atom. The van der Waals surface area contributed by atoms with Gasteiger partial charge in [0.05, 0.1) is 29.5 Å². The molecule has 1 amide bonds. The van der Waals surface area contributed by atoms with E-state index in [0.29, 0.717) is 27.7 Å². The van der Waals surface area contributed by atoms with E-state index in [1.54, 1.807) is 36.6 Å². The second-order valence-corrected chi connectivity index (χ2v) is 7.82. The van der Waals surface area contributed by atoms with Crippen molar-refractivity contribution < 1.29 is 18.7 Å². The number of hydrogen-bond donors (Lipinski definition) is 1. The number of carbonyl (C=O) groups is 2. The number of nitrogens with zero attached hydrogens (tertiary/aromatic N) is 2. The van der Waals surface area contributed by atoms with Gasteiger partial charge in [-0.1, -0.05) is 6.07 Å². The van der Waals surface area contributed by atoms with Crippen LogP contribution >= 0.6 is 11.3 Å². The van der Waals surface area contributed by atoms with Gasteiger partial charge in [0.2, 0.25) is 0 Å². The largest absolute Gasteiger partial charge is 0.465 e. The number of ether oxygens (including phenoxy) is 1. The van der Waals surface area contributed by atoms with Crippen molar-refractivity contribution in [1.29, 1.82) is 0 Å². The number of aryl methyl sites for hydroxylation is 3. The SMILES string of the molecule is COC(=O)c1ccc(C)c(NC(=O)c2sc3nc(-c4ccco4)nc(C)c3c2C)c1. The summed E-state index contributed by atoms with van der Waals surface area (Å²) in [6, 6.07) is 8.62. The molecule has 0 fully saturated rings. The van der Waals surface area contributed by atoms with Crippen molar-refractivity contribution in [2.45, 2.75) is 20.8 Å². The molecule has 152 valence electrons. The topological polar surface area (TPSA) is 94.3 Å². The minimum atomic E-state index is -0.458. The van der Waals surface area contributed by atoms with Gasteiger partial charge in [-0.05, 0) is 56.2 Å². The van der Waals surface area contributed by atoms with E-state index in [4.69, 9.17) is 9.15 Å². The average molecular weight is 421 g/mol. The Bertz CT molecular complexity index is 1280. The molecule has 0 aliphatic heterocycles. The summed E-state index contributed by atoms with van der Waals surface area (Å²) in [7, 11) is 1.32. The minimum absolute atomic E-state index is 0.264. The predicted octanol–water partition coefficient (Wildman–Crippen LogP) is 4.92. The molecular weight excluding hydrogens is 402 g/mol. The molecule has 30 heavy (non-hydrogen) atoms. The zero-order valence-electron chi connectivity index (χ0n) is 16.9. The summed E-state index contributed by atoms with van der Waals surface area (Å²) in [4.78, 5) is 35.2. The van der Waals surface area contributed by atoms with E-state index in [1.165, 1.54) is 18.4 Å². The molecule has 0 unspecified atom stereocenters. The first kappa shape index (κ1) is 19.8.